The van der Waals surface area contributed by atoms with Crippen LogP contribution >= 0.6 is 11.6 Å². The molecule has 130 valence electrons. The largest absolute Gasteiger partial charge is 0.309 e. The molecule has 0 fully saturated rings. The van der Waals surface area contributed by atoms with Gasteiger partial charge in [0.05, 0.1) is 16.1 Å². The van der Waals surface area contributed by atoms with E-state index in [1.807, 2.05) is 38.4 Å². The van der Waals surface area contributed by atoms with Crippen molar-refractivity contribution in [2.75, 3.05) is 20.6 Å². The van der Waals surface area contributed by atoms with Gasteiger partial charge in [0.25, 0.3) is 10.0 Å². The molecule has 25 heavy (non-hydrogen) atoms. The number of hydrogen-bond donors (Lipinski definition) is 0. The zero-order chi connectivity index (χ0) is 17.8. The summed E-state index contributed by atoms with van der Waals surface area (Å²) < 4.78 is 27.7. The van der Waals surface area contributed by atoms with Crippen LogP contribution in [0.4, 0.5) is 0 Å². The zero-order valence-electron chi connectivity index (χ0n) is 14.2. The van der Waals surface area contributed by atoms with E-state index >= 15 is 0 Å². The number of halogens is 1. The minimum atomic E-state index is -3.58. The summed E-state index contributed by atoms with van der Waals surface area (Å²) in [6.45, 7) is 0.952. The molecule has 0 bridgehead atoms. The van der Waals surface area contributed by atoms with Gasteiger partial charge in [-0.1, -0.05) is 35.9 Å². The number of benzene rings is 2. The van der Waals surface area contributed by atoms with Crippen molar-refractivity contribution in [3.8, 4) is 11.3 Å². The van der Waals surface area contributed by atoms with E-state index in [0.29, 0.717) is 15.4 Å². The molecule has 0 atom stereocenters. The van der Waals surface area contributed by atoms with Crippen LogP contribution in [-0.4, -0.2) is 37.9 Å². The van der Waals surface area contributed by atoms with Gasteiger partial charge < -0.3 is 4.90 Å². The van der Waals surface area contributed by atoms with Gasteiger partial charge in [0.2, 0.25) is 0 Å². The van der Waals surface area contributed by atoms with Crippen molar-refractivity contribution in [1.82, 2.24) is 8.87 Å². The maximum absolute atomic E-state index is 13.1. The molecule has 0 saturated carbocycles. The third-order valence-corrected chi connectivity index (χ3v) is 6.69. The fourth-order valence-electron chi connectivity index (χ4n) is 3.63. The number of aromatic nitrogens is 1. The van der Waals surface area contributed by atoms with E-state index in [2.05, 4.69) is 4.90 Å². The fraction of sp³-hybridized carbons (Fsp3) is 0.263. The molecule has 1 aliphatic heterocycles. The van der Waals surface area contributed by atoms with Crippen molar-refractivity contribution in [2.45, 2.75) is 17.7 Å². The molecule has 1 aliphatic rings. The second-order valence-electron chi connectivity index (χ2n) is 6.66. The average Bonchev–Trinajstić information content (AvgIpc) is 3.00. The van der Waals surface area contributed by atoms with Crippen LogP contribution in [-0.2, 0) is 16.4 Å². The summed E-state index contributed by atoms with van der Waals surface area (Å²) in [6, 6.07) is 12.7. The maximum Gasteiger partial charge on any atom is 0.269 e. The second-order valence-corrected chi connectivity index (χ2v) is 8.85. The van der Waals surface area contributed by atoms with Crippen molar-refractivity contribution in [1.29, 1.82) is 0 Å². The van der Waals surface area contributed by atoms with Crippen molar-refractivity contribution >= 4 is 32.5 Å². The fourth-order valence-corrected chi connectivity index (χ4v) is 5.55. The predicted octanol–water partition coefficient (Wildman–Crippen LogP) is 4.01. The van der Waals surface area contributed by atoms with Crippen LogP contribution in [0.15, 0.2) is 47.4 Å². The first-order valence-electron chi connectivity index (χ1n) is 8.24. The van der Waals surface area contributed by atoms with E-state index in [0.717, 1.165) is 41.6 Å². The van der Waals surface area contributed by atoms with Gasteiger partial charge in [-0.25, -0.2) is 12.4 Å². The molecule has 0 amide bonds. The molecule has 0 aliphatic carbocycles. The molecule has 0 saturated heterocycles. The van der Waals surface area contributed by atoms with Crippen LogP contribution in [0.25, 0.3) is 22.2 Å². The quantitative estimate of drug-likeness (QED) is 0.542. The van der Waals surface area contributed by atoms with E-state index in [4.69, 9.17) is 11.6 Å². The van der Waals surface area contributed by atoms with E-state index < -0.39 is 10.0 Å². The van der Waals surface area contributed by atoms with Gasteiger partial charge in [-0.15, -0.1) is 0 Å². The van der Waals surface area contributed by atoms with Crippen LogP contribution in [0.1, 0.15) is 12.0 Å². The third-order valence-electron chi connectivity index (χ3n) is 4.69. The molecule has 0 spiro atoms. The van der Waals surface area contributed by atoms with E-state index in [1.165, 1.54) is 3.97 Å². The van der Waals surface area contributed by atoms with Crippen molar-refractivity contribution in [3.63, 3.8) is 0 Å². The minimum absolute atomic E-state index is 0.376. The highest BCUT2D eigenvalue weighted by Crippen LogP contribution is 2.45. The molecule has 2 aromatic carbocycles. The van der Waals surface area contributed by atoms with Gasteiger partial charge in [0.15, 0.2) is 0 Å². The second kappa shape index (κ2) is 5.87. The minimum Gasteiger partial charge on any atom is -0.309 e. The molecule has 6 heteroatoms. The van der Waals surface area contributed by atoms with Crippen LogP contribution in [0.3, 0.4) is 0 Å². The van der Waals surface area contributed by atoms with Gasteiger partial charge >= 0.3 is 0 Å². The Morgan fingerprint density at radius 2 is 1.88 bits per heavy atom. The number of aryl methyl sites for hydroxylation is 1. The number of nitrogens with zero attached hydrogens (tertiary/aromatic N) is 2. The standard InChI is InChI=1S/C19H19ClN2O2S/c1-21(2)11-5-7-15-14-10-9-13(20)12-17(14)22-19(15)16-6-3-4-8-18(16)25(22,23)24/h3-4,6,8-10,12H,5,7,11H2,1-2H3. The van der Waals surface area contributed by atoms with Crippen molar-refractivity contribution in [2.24, 2.45) is 0 Å². The van der Waals surface area contributed by atoms with Gasteiger partial charge in [-0.2, -0.15) is 0 Å². The average molecular weight is 375 g/mol. The van der Waals surface area contributed by atoms with E-state index in [-0.39, 0.29) is 0 Å². The van der Waals surface area contributed by atoms with Crippen molar-refractivity contribution < 1.29 is 8.42 Å². The van der Waals surface area contributed by atoms with Gasteiger partial charge in [-0.05, 0) is 57.2 Å². The highest BCUT2D eigenvalue weighted by Gasteiger charge is 2.36. The van der Waals surface area contributed by atoms with Gasteiger partial charge in [0, 0.05) is 16.0 Å². The third kappa shape index (κ3) is 2.49. The normalized spacial score (nSPS) is 14.9. The summed E-state index contributed by atoms with van der Waals surface area (Å²) in [5, 5.41) is 1.51. The Morgan fingerprint density at radius 3 is 2.64 bits per heavy atom. The molecule has 4 rings (SSSR count). The smallest absolute Gasteiger partial charge is 0.269 e. The summed E-state index contributed by atoms with van der Waals surface area (Å²) in [5.74, 6) is 0. The molecule has 0 unspecified atom stereocenters. The van der Waals surface area contributed by atoms with Gasteiger partial charge in [-0.3, -0.25) is 0 Å². The van der Waals surface area contributed by atoms with Crippen LogP contribution in [0.5, 0.6) is 0 Å². The molecule has 3 aromatic rings. The lowest BCUT2D eigenvalue weighted by Crippen LogP contribution is -2.13. The van der Waals surface area contributed by atoms with Crippen LogP contribution < -0.4 is 0 Å². The summed E-state index contributed by atoms with van der Waals surface area (Å²) in [4.78, 5) is 2.51. The molecular formula is C19H19ClN2O2S. The number of hydrogen-bond acceptors (Lipinski definition) is 3. The first-order chi connectivity index (χ1) is 11.9. The monoisotopic (exact) mass is 374 g/mol. The molecule has 4 nitrogen and oxygen atoms in total. The Morgan fingerprint density at radius 1 is 1.12 bits per heavy atom. The number of fused-ring (bicyclic) bond motifs is 5. The Kier molecular flexibility index (Phi) is 3.90. The van der Waals surface area contributed by atoms with Crippen LogP contribution in [0.2, 0.25) is 5.02 Å². The summed E-state index contributed by atoms with van der Waals surface area (Å²) in [6.07, 6.45) is 1.78. The first-order valence-corrected chi connectivity index (χ1v) is 10.1. The highest BCUT2D eigenvalue weighted by molar-refractivity contribution is 7.90. The Balaban J connectivity index is 2.01. The molecule has 0 radical (unpaired) electrons. The number of rotatable bonds is 4. The SMILES string of the molecule is CN(C)CCCc1c2n(c3cc(Cl)ccc13)S(=O)(=O)c1ccccc1-2. The lowest BCUT2D eigenvalue weighted by Gasteiger charge is -2.09. The molecule has 0 N–H and O–H groups in total. The summed E-state index contributed by atoms with van der Waals surface area (Å²) in [5.41, 5.74) is 3.34. The van der Waals surface area contributed by atoms with Crippen LogP contribution in [0, 0.1) is 0 Å². The molecule has 1 aromatic heterocycles. The Labute approximate surface area is 152 Å². The lowest BCUT2D eigenvalue weighted by atomic mass is 10.0. The summed E-state index contributed by atoms with van der Waals surface area (Å²) >= 11 is 6.17. The van der Waals surface area contributed by atoms with Crippen molar-refractivity contribution in [3.05, 3.63) is 53.1 Å². The lowest BCUT2D eigenvalue weighted by molar-refractivity contribution is 0.400. The summed E-state index contributed by atoms with van der Waals surface area (Å²) in [7, 11) is 0.506. The Hall–Kier alpha value is -1.82. The van der Waals surface area contributed by atoms with E-state index in [1.54, 1.807) is 18.2 Å². The molecular weight excluding hydrogens is 356 g/mol. The highest BCUT2D eigenvalue weighted by atomic mass is 35.5. The van der Waals surface area contributed by atoms with E-state index in [9.17, 15) is 8.42 Å². The topological polar surface area (TPSA) is 42.3 Å². The predicted molar refractivity (Wildman–Crippen MR) is 102 cm³/mol. The zero-order valence-corrected chi connectivity index (χ0v) is 15.7. The Bertz CT molecular complexity index is 1080. The van der Waals surface area contributed by atoms with Gasteiger partial charge in [0.1, 0.15) is 0 Å². The molecule has 2 heterocycles. The maximum atomic E-state index is 13.1. The first kappa shape index (κ1) is 16.6.